The molecule has 2 aromatic rings. The minimum atomic E-state index is -0.454. The Hall–Kier alpha value is -1.68. The maximum Gasteiger partial charge on any atom is 0.220 e. The highest BCUT2D eigenvalue weighted by molar-refractivity contribution is 9.10. The van der Waals surface area contributed by atoms with Gasteiger partial charge in [-0.3, -0.25) is 0 Å². The lowest BCUT2D eigenvalue weighted by molar-refractivity contribution is 0.578. The Balaban J connectivity index is 1.72. The number of benzene rings is 1. The average Bonchev–Trinajstić information content (AvgIpc) is 2.57. The fourth-order valence-electron chi connectivity index (χ4n) is 2.69. The summed E-state index contributed by atoms with van der Waals surface area (Å²) in [6.07, 6.45) is 9.01. The number of hydrogen-bond acceptors (Lipinski definition) is 2. The summed E-state index contributed by atoms with van der Waals surface area (Å²) in [4.78, 5) is 6.12. The molecule has 2 nitrogen and oxygen atoms in total. The van der Waals surface area contributed by atoms with E-state index in [0.29, 0.717) is 5.56 Å². The van der Waals surface area contributed by atoms with E-state index in [0.717, 1.165) is 23.1 Å². The highest BCUT2D eigenvalue weighted by Gasteiger charge is 2.10. The van der Waals surface area contributed by atoms with E-state index in [4.69, 9.17) is 0 Å². The zero-order valence-electron chi connectivity index (χ0n) is 12.3. The number of nitrogens with zero attached hydrogens (tertiary/aromatic N) is 2. The fraction of sp³-hybridized carbons (Fsp3) is 0.278. The van der Waals surface area contributed by atoms with E-state index in [2.05, 4.69) is 50.1 Å². The molecule has 0 radical (unpaired) electrons. The number of halogens is 2. The number of aromatic nitrogens is 1. The third kappa shape index (κ3) is 3.74. The van der Waals surface area contributed by atoms with Gasteiger partial charge in [-0.25, -0.2) is 4.98 Å². The first-order chi connectivity index (χ1) is 10.7. The molecule has 1 aliphatic rings. The molecule has 1 fully saturated rings. The lowest BCUT2D eigenvalue weighted by atomic mass is 10.1. The molecule has 1 aromatic carbocycles. The summed E-state index contributed by atoms with van der Waals surface area (Å²) in [6, 6.07) is 10.1. The molecule has 0 atom stereocenters. The Labute approximate surface area is 138 Å². The smallest absolute Gasteiger partial charge is 0.220 e. The molecule has 1 saturated heterocycles. The largest absolute Gasteiger partial charge is 0.372 e. The molecular formula is C18H18BrFN2. The Bertz CT molecular complexity index is 661. The minimum absolute atomic E-state index is 0.454. The van der Waals surface area contributed by atoms with Gasteiger partial charge in [-0.2, -0.15) is 4.39 Å². The van der Waals surface area contributed by atoms with E-state index in [1.807, 2.05) is 6.08 Å². The van der Waals surface area contributed by atoms with Crippen LogP contribution < -0.4 is 4.90 Å². The van der Waals surface area contributed by atoms with Gasteiger partial charge in [-0.15, -0.1) is 0 Å². The van der Waals surface area contributed by atoms with Gasteiger partial charge in [0.2, 0.25) is 5.95 Å². The van der Waals surface area contributed by atoms with E-state index >= 15 is 0 Å². The van der Waals surface area contributed by atoms with E-state index in [9.17, 15) is 4.39 Å². The van der Waals surface area contributed by atoms with Crippen LogP contribution in [-0.4, -0.2) is 18.1 Å². The first-order valence-corrected chi connectivity index (χ1v) is 8.36. The first-order valence-electron chi connectivity index (χ1n) is 7.56. The molecule has 0 aliphatic carbocycles. The van der Waals surface area contributed by atoms with Gasteiger partial charge in [-0.05, 0) is 65.0 Å². The van der Waals surface area contributed by atoms with Gasteiger partial charge >= 0.3 is 0 Å². The van der Waals surface area contributed by atoms with Crippen LogP contribution in [0.1, 0.15) is 30.4 Å². The summed E-state index contributed by atoms with van der Waals surface area (Å²) in [6.45, 7) is 2.29. The summed E-state index contributed by atoms with van der Waals surface area (Å²) in [5, 5.41) is 0. The number of anilines is 1. The fourth-order valence-corrected chi connectivity index (χ4v) is 3.04. The van der Waals surface area contributed by atoms with Crippen molar-refractivity contribution < 1.29 is 4.39 Å². The first kappa shape index (κ1) is 15.2. The SMILES string of the molecule is Fc1ncc(Br)cc1/C=C/c1ccc(N2CCCCC2)cc1. The van der Waals surface area contributed by atoms with Crippen LogP contribution >= 0.6 is 15.9 Å². The standard InChI is InChI=1S/C18H18BrFN2/c19-16-12-15(18(20)21-13-16)7-4-14-5-8-17(9-6-14)22-10-2-1-3-11-22/h4-9,12-13H,1-3,10-11H2/b7-4+. The lowest BCUT2D eigenvalue weighted by Crippen LogP contribution is -2.29. The summed E-state index contributed by atoms with van der Waals surface area (Å²) in [7, 11) is 0. The summed E-state index contributed by atoms with van der Waals surface area (Å²) >= 11 is 3.31. The molecule has 0 spiro atoms. The molecule has 22 heavy (non-hydrogen) atoms. The monoisotopic (exact) mass is 360 g/mol. The van der Waals surface area contributed by atoms with Crippen LogP contribution in [0.4, 0.5) is 10.1 Å². The highest BCUT2D eigenvalue weighted by atomic mass is 79.9. The topological polar surface area (TPSA) is 16.1 Å². The van der Waals surface area contributed by atoms with Gasteiger partial charge in [0.15, 0.2) is 0 Å². The van der Waals surface area contributed by atoms with Crippen molar-refractivity contribution in [1.29, 1.82) is 0 Å². The van der Waals surface area contributed by atoms with E-state index in [1.165, 1.54) is 31.1 Å². The van der Waals surface area contributed by atoms with Gasteiger partial charge in [0, 0.05) is 35.0 Å². The predicted molar refractivity (Wildman–Crippen MR) is 93.3 cm³/mol. The second kappa shape index (κ2) is 7.05. The van der Waals surface area contributed by atoms with Crippen molar-refractivity contribution in [3.63, 3.8) is 0 Å². The molecule has 3 rings (SSSR count). The van der Waals surface area contributed by atoms with Gasteiger partial charge < -0.3 is 4.90 Å². The molecule has 0 N–H and O–H groups in total. The van der Waals surface area contributed by atoms with Crippen LogP contribution in [0.3, 0.4) is 0 Å². The van der Waals surface area contributed by atoms with Crippen LogP contribution in [-0.2, 0) is 0 Å². The lowest BCUT2D eigenvalue weighted by Gasteiger charge is -2.28. The Morgan fingerprint density at radius 3 is 2.50 bits per heavy atom. The van der Waals surface area contributed by atoms with Crippen LogP contribution in [0.25, 0.3) is 12.2 Å². The number of piperidine rings is 1. The molecule has 0 unspecified atom stereocenters. The van der Waals surface area contributed by atoms with Crippen molar-refractivity contribution in [3.05, 3.63) is 58.1 Å². The van der Waals surface area contributed by atoms with E-state index in [1.54, 1.807) is 12.1 Å². The van der Waals surface area contributed by atoms with Crippen molar-refractivity contribution in [1.82, 2.24) is 4.98 Å². The van der Waals surface area contributed by atoms with Crippen LogP contribution in [0, 0.1) is 5.95 Å². The molecular weight excluding hydrogens is 343 g/mol. The number of pyridine rings is 1. The minimum Gasteiger partial charge on any atom is -0.372 e. The molecule has 2 heterocycles. The molecule has 0 amide bonds. The van der Waals surface area contributed by atoms with Crippen molar-refractivity contribution in [2.45, 2.75) is 19.3 Å². The molecule has 1 aliphatic heterocycles. The van der Waals surface area contributed by atoms with E-state index < -0.39 is 5.95 Å². The zero-order valence-corrected chi connectivity index (χ0v) is 13.9. The van der Waals surface area contributed by atoms with Gasteiger partial charge in [0.05, 0.1) is 0 Å². The predicted octanol–water partition coefficient (Wildman–Crippen LogP) is 5.14. The molecule has 4 heteroatoms. The summed E-state index contributed by atoms with van der Waals surface area (Å²) in [5.74, 6) is -0.454. The Kier molecular flexibility index (Phi) is 4.88. The third-order valence-electron chi connectivity index (χ3n) is 3.90. The number of hydrogen-bond donors (Lipinski definition) is 0. The Morgan fingerprint density at radius 2 is 1.77 bits per heavy atom. The molecule has 0 saturated carbocycles. The Morgan fingerprint density at radius 1 is 1.05 bits per heavy atom. The van der Waals surface area contributed by atoms with Crippen molar-refractivity contribution >= 4 is 33.8 Å². The number of rotatable bonds is 3. The van der Waals surface area contributed by atoms with Gasteiger partial charge in [-0.1, -0.05) is 18.2 Å². The van der Waals surface area contributed by atoms with Gasteiger partial charge in [0.25, 0.3) is 0 Å². The average molecular weight is 361 g/mol. The maximum absolute atomic E-state index is 13.6. The van der Waals surface area contributed by atoms with Gasteiger partial charge in [0.1, 0.15) is 0 Å². The summed E-state index contributed by atoms with van der Waals surface area (Å²) in [5.41, 5.74) is 2.81. The molecule has 1 aromatic heterocycles. The molecule has 114 valence electrons. The van der Waals surface area contributed by atoms with Crippen molar-refractivity contribution in [2.75, 3.05) is 18.0 Å². The van der Waals surface area contributed by atoms with Crippen molar-refractivity contribution in [2.24, 2.45) is 0 Å². The molecule has 0 bridgehead atoms. The zero-order chi connectivity index (χ0) is 15.4. The maximum atomic E-state index is 13.6. The van der Waals surface area contributed by atoms with Crippen molar-refractivity contribution in [3.8, 4) is 0 Å². The van der Waals surface area contributed by atoms with Crippen LogP contribution in [0.5, 0.6) is 0 Å². The second-order valence-electron chi connectivity index (χ2n) is 5.51. The normalized spacial score (nSPS) is 15.5. The van der Waals surface area contributed by atoms with E-state index in [-0.39, 0.29) is 0 Å². The highest BCUT2D eigenvalue weighted by Crippen LogP contribution is 2.21. The van der Waals surface area contributed by atoms with Crippen LogP contribution in [0.2, 0.25) is 0 Å². The second-order valence-corrected chi connectivity index (χ2v) is 6.42. The van der Waals surface area contributed by atoms with Crippen LogP contribution in [0.15, 0.2) is 41.0 Å². The third-order valence-corrected chi connectivity index (χ3v) is 4.34. The summed E-state index contributed by atoms with van der Waals surface area (Å²) < 4.78 is 14.4. The quantitative estimate of drug-likeness (QED) is 0.704.